The summed E-state index contributed by atoms with van der Waals surface area (Å²) in [5.74, 6) is 1.83. The van der Waals surface area contributed by atoms with Gasteiger partial charge < -0.3 is 24.4 Å². The zero-order valence-electron chi connectivity index (χ0n) is 17.6. The van der Waals surface area contributed by atoms with Gasteiger partial charge in [-0.2, -0.15) is 0 Å². The molecule has 1 aliphatic rings. The second-order valence-corrected chi connectivity index (χ2v) is 7.70. The number of piperidine rings is 1. The third-order valence-corrected chi connectivity index (χ3v) is 5.58. The average molecular weight is 446 g/mol. The first kappa shape index (κ1) is 21.0. The molecule has 1 aromatic carbocycles. The first-order chi connectivity index (χ1) is 15.0. The lowest BCUT2D eigenvalue weighted by Crippen LogP contribution is -2.41. The van der Waals surface area contributed by atoms with Gasteiger partial charge in [0, 0.05) is 37.1 Å². The highest BCUT2D eigenvalue weighted by atomic mass is 35.5. The highest BCUT2D eigenvalue weighted by molar-refractivity contribution is 6.30. The van der Waals surface area contributed by atoms with Gasteiger partial charge in [0.1, 0.15) is 0 Å². The van der Waals surface area contributed by atoms with Crippen molar-refractivity contribution in [1.29, 1.82) is 0 Å². The molecular formula is C21H24ClN5O4. The van der Waals surface area contributed by atoms with E-state index >= 15 is 0 Å². The molecule has 1 aliphatic heterocycles. The van der Waals surface area contributed by atoms with Crippen molar-refractivity contribution in [2.24, 2.45) is 5.92 Å². The number of carbonyl (C=O) groups is 1. The Labute approximate surface area is 184 Å². The number of rotatable bonds is 6. The number of anilines is 2. The molecule has 1 amide bonds. The van der Waals surface area contributed by atoms with Gasteiger partial charge in [0.05, 0.1) is 32.3 Å². The molecule has 2 aromatic heterocycles. The molecule has 0 aliphatic carbocycles. The number of aromatic nitrogens is 3. The Hall–Kier alpha value is -3.20. The molecule has 3 aromatic rings. The number of hydrogen-bond donors (Lipinski definition) is 1. The van der Waals surface area contributed by atoms with Crippen LogP contribution in [0.3, 0.4) is 0 Å². The topological polar surface area (TPSA) is 90.2 Å². The van der Waals surface area contributed by atoms with E-state index in [1.54, 1.807) is 24.4 Å². The zero-order valence-corrected chi connectivity index (χ0v) is 18.3. The fourth-order valence-corrected chi connectivity index (χ4v) is 4.00. The summed E-state index contributed by atoms with van der Waals surface area (Å²) in [4.78, 5) is 15.1. The van der Waals surface area contributed by atoms with Crippen molar-refractivity contribution < 1.29 is 19.0 Å². The number of benzene rings is 1. The van der Waals surface area contributed by atoms with Crippen LogP contribution in [0.1, 0.15) is 12.8 Å². The molecule has 1 unspecified atom stereocenters. The lowest BCUT2D eigenvalue weighted by atomic mass is 9.97. The van der Waals surface area contributed by atoms with Crippen LogP contribution in [-0.4, -0.2) is 54.9 Å². The summed E-state index contributed by atoms with van der Waals surface area (Å²) in [5.41, 5.74) is 1.29. The van der Waals surface area contributed by atoms with Gasteiger partial charge in [-0.25, -0.2) is 0 Å². The quantitative estimate of drug-likeness (QED) is 0.622. The van der Waals surface area contributed by atoms with Crippen molar-refractivity contribution >= 4 is 34.8 Å². The summed E-state index contributed by atoms with van der Waals surface area (Å²) in [5, 5.41) is 12.1. The number of fused-ring (bicyclic) bond motifs is 1. The van der Waals surface area contributed by atoms with E-state index in [0.29, 0.717) is 46.1 Å². The molecule has 1 atom stereocenters. The Morgan fingerprint density at radius 1 is 1.13 bits per heavy atom. The Bertz CT molecular complexity index is 1080. The molecule has 164 valence electrons. The van der Waals surface area contributed by atoms with Crippen LogP contribution in [-0.2, 0) is 4.79 Å². The van der Waals surface area contributed by atoms with Gasteiger partial charge >= 0.3 is 0 Å². The van der Waals surface area contributed by atoms with Gasteiger partial charge in [-0.05, 0) is 25.0 Å². The normalized spacial score (nSPS) is 16.3. The van der Waals surface area contributed by atoms with E-state index in [1.807, 2.05) is 10.5 Å². The number of ether oxygens (including phenoxy) is 3. The number of hydrogen-bond acceptors (Lipinski definition) is 7. The minimum Gasteiger partial charge on any atom is -0.493 e. The maximum Gasteiger partial charge on any atom is 0.231 e. The van der Waals surface area contributed by atoms with Crippen LogP contribution in [0.15, 0.2) is 30.5 Å². The highest BCUT2D eigenvalue weighted by Gasteiger charge is 2.28. The van der Waals surface area contributed by atoms with Gasteiger partial charge in [-0.1, -0.05) is 11.6 Å². The van der Waals surface area contributed by atoms with E-state index < -0.39 is 0 Å². The minimum absolute atomic E-state index is 0.0779. The summed E-state index contributed by atoms with van der Waals surface area (Å²) in [6, 6.07) is 7.03. The van der Waals surface area contributed by atoms with Crippen molar-refractivity contribution in [3.63, 3.8) is 0 Å². The summed E-state index contributed by atoms with van der Waals surface area (Å²) < 4.78 is 17.9. The van der Waals surface area contributed by atoms with E-state index in [-0.39, 0.29) is 11.8 Å². The molecule has 9 nitrogen and oxygen atoms in total. The summed E-state index contributed by atoms with van der Waals surface area (Å²) >= 11 is 6.14. The largest absolute Gasteiger partial charge is 0.493 e. The average Bonchev–Trinajstić information content (AvgIpc) is 3.21. The fourth-order valence-electron chi connectivity index (χ4n) is 3.84. The van der Waals surface area contributed by atoms with Crippen molar-refractivity contribution in [2.75, 3.05) is 44.6 Å². The van der Waals surface area contributed by atoms with Crippen LogP contribution >= 0.6 is 11.6 Å². The molecular weight excluding hydrogens is 422 g/mol. The first-order valence-electron chi connectivity index (χ1n) is 9.90. The predicted octanol–water partition coefficient (Wildman–Crippen LogP) is 3.26. The van der Waals surface area contributed by atoms with Crippen LogP contribution in [0.25, 0.3) is 5.65 Å². The van der Waals surface area contributed by atoms with Crippen molar-refractivity contribution in [1.82, 2.24) is 14.6 Å². The van der Waals surface area contributed by atoms with Crippen LogP contribution in [0.5, 0.6) is 17.2 Å². The molecule has 0 bridgehead atoms. The maximum absolute atomic E-state index is 13.0. The standard InChI is InChI=1S/C21H24ClN5O4/c1-29-16-9-15(10-17(30-2)19(16)31-3)23-20(28)13-5-4-8-26(11-13)21-25-24-18-7-6-14(22)12-27(18)21/h6-7,9-10,12-13H,4-5,8,11H2,1-3H3,(H,23,28). The molecule has 0 radical (unpaired) electrons. The number of amides is 1. The fraction of sp³-hybridized carbons (Fsp3) is 0.381. The van der Waals surface area contributed by atoms with E-state index in [0.717, 1.165) is 19.4 Å². The summed E-state index contributed by atoms with van der Waals surface area (Å²) in [6.45, 7) is 1.32. The van der Waals surface area contributed by atoms with E-state index in [2.05, 4.69) is 20.4 Å². The molecule has 1 N–H and O–H groups in total. The number of halogens is 1. The Kier molecular flexibility index (Phi) is 6.03. The van der Waals surface area contributed by atoms with E-state index in [1.165, 1.54) is 21.3 Å². The maximum atomic E-state index is 13.0. The van der Waals surface area contributed by atoms with Gasteiger partial charge in [-0.3, -0.25) is 9.20 Å². The van der Waals surface area contributed by atoms with Crippen molar-refractivity contribution in [3.05, 3.63) is 35.5 Å². The Morgan fingerprint density at radius 2 is 1.87 bits per heavy atom. The number of carbonyl (C=O) groups excluding carboxylic acids is 1. The van der Waals surface area contributed by atoms with Crippen LogP contribution < -0.4 is 24.4 Å². The highest BCUT2D eigenvalue weighted by Crippen LogP contribution is 2.40. The smallest absolute Gasteiger partial charge is 0.231 e. The second kappa shape index (κ2) is 8.89. The molecule has 10 heteroatoms. The third-order valence-electron chi connectivity index (χ3n) is 5.36. The van der Waals surface area contributed by atoms with Gasteiger partial charge in [-0.15, -0.1) is 10.2 Å². The van der Waals surface area contributed by atoms with Gasteiger partial charge in [0.2, 0.25) is 17.6 Å². The van der Waals surface area contributed by atoms with E-state index in [4.69, 9.17) is 25.8 Å². The molecule has 4 rings (SSSR count). The Morgan fingerprint density at radius 3 is 2.55 bits per heavy atom. The van der Waals surface area contributed by atoms with E-state index in [9.17, 15) is 4.79 Å². The number of methoxy groups -OCH3 is 3. The van der Waals surface area contributed by atoms with Gasteiger partial charge in [0.25, 0.3) is 0 Å². The summed E-state index contributed by atoms with van der Waals surface area (Å²) in [6.07, 6.45) is 3.43. The third kappa shape index (κ3) is 4.18. The van der Waals surface area contributed by atoms with Crippen LogP contribution in [0.2, 0.25) is 5.02 Å². The summed E-state index contributed by atoms with van der Waals surface area (Å²) in [7, 11) is 4.62. The zero-order chi connectivity index (χ0) is 22.0. The number of nitrogens with zero attached hydrogens (tertiary/aromatic N) is 4. The predicted molar refractivity (Wildman–Crippen MR) is 118 cm³/mol. The molecule has 0 spiro atoms. The second-order valence-electron chi connectivity index (χ2n) is 7.26. The SMILES string of the molecule is COc1cc(NC(=O)C2CCCN(c3nnc4ccc(Cl)cn34)C2)cc(OC)c1OC. The number of pyridine rings is 1. The van der Waals surface area contributed by atoms with Crippen LogP contribution in [0.4, 0.5) is 11.6 Å². The van der Waals surface area contributed by atoms with Crippen molar-refractivity contribution in [3.8, 4) is 17.2 Å². The minimum atomic E-state index is -0.209. The molecule has 1 fully saturated rings. The van der Waals surface area contributed by atoms with Crippen molar-refractivity contribution in [2.45, 2.75) is 12.8 Å². The lowest BCUT2D eigenvalue weighted by molar-refractivity contribution is -0.120. The molecule has 0 saturated carbocycles. The first-order valence-corrected chi connectivity index (χ1v) is 10.3. The lowest BCUT2D eigenvalue weighted by Gasteiger charge is -2.32. The molecule has 31 heavy (non-hydrogen) atoms. The number of nitrogens with one attached hydrogen (secondary N) is 1. The van der Waals surface area contributed by atoms with Gasteiger partial charge in [0.15, 0.2) is 17.1 Å². The molecule has 3 heterocycles. The monoisotopic (exact) mass is 445 g/mol. The van der Waals surface area contributed by atoms with Crippen LogP contribution in [0, 0.1) is 5.92 Å². The molecule has 1 saturated heterocycles. The Balaban J connectivity index is 1.52.